The molecular weight excluding hydrogens is 340 g/mol. The molecule has 0 atom stereocenters. The molecule has 0 radical (unpaired) electrons. The summed E-state index contributed by atoms with van der Waals surface area (Å²) < 4.78 is 6.50. The van der Waals surface area contributed by atoms with Crippen LogP contribution in [-0.4, -0.2) is 41.2 Å². The van der Waals surface area contributed by atoms with Crippen molar-refractivity contribution in [3.8, 4) is 0 Å². The smallest absolute Gasteiger partial charge is 0.262 e. The Labute approximate surface area is 148 Å². The lowest BCUT2D eigenvalue weighted by molar-refractivity contribution is 0.0994. The molecule has 3 aromatic rings. The summed E-state index contributed by atoms with van der Waals surface area (Å²) in [5, 5.41) is 0.363. The van der Waals surface area contributed by atoms with Gasteiger partial charge in [-0.1, -0.05) is 0 Å². The molecule has 1 amide bonds. The van der Waals surface area contributed by atoms with Crippen molar-refractivity contribution >= 4 is 33.1 Å². The minimum atomic E-state index is -0.250. The van der Waals surface area contributed by atoms with E-state index in [9.17, 15) is 9.59 Å². The predicted octanol–water partition coefficient (Wildman–Crippen LogP) is 2.08. The number of aryl methyl sites for hydroxylation is 1. The van der Waals surface area contributed by atoms with Crippen LogP contribution >= 0.6 is 11.3 Å². The molecule has 25 heavy (non-hydrogen) atoms. The van der Waals surface area contributed by atoms with Gasteiger partial charge < -0.3 is 9.64 Å². The molecule has 0 saturated heterocycles. The maximum atomic E-state index is 13.0. The second-order valence-electron chi connectivity index (χ2n) is 5.52. The second-order valence-corrected chi connectivity index (χ2v) is 6.73. The molecule has 0 aliphatic carbocycles. The third-order valence-corrected chi connectivity index (χ3v) is 4.96. The van der Waals surface area contributed by atoms with Crippen molar-refractivity contribution in [2.45, 2.75) is 13.5 Å². The number of rotatable bonds is 5. The van der Waals surface area contributed by atoms with Crippen LogP contribution in [0.5, 0.6) is 0 Å². The second kappa shape index (κ2) is 7.12. The number of ether oxygens (including phenoxy) is 1. The molecule has 0 spiro atoms. The van der Waals surface area contributed by atoms with E-state index in [2.05, 4.69) is 9.97 Å². The van der Waals surface area contributed by atoms with E-state index < -0.39 is 0 Å². The molecule has 0 fully saturated rings. The number of carbonyl (C=O) groups is 1. The van der Waals surface area contributed by atoms with Crippen molar-refractivity contribution in [1.82, 2.24) is 14.5 Å². The monoisotopic (exact) mass is 358 g/mol. The largest absolute Gasteiger partial charge is 0.383 e. The topological polar surface area (TPSA) is 77.3 Å². The average Bonchev–Trinajstić information content (AvgIpc) is 2.97. The fraction of sp³-hybridized carbons (Fsp3) is 0.294. The fourth-order valence-corrected chi connectivity index (χ4v) is 3.55. The summed E-state index contributed by atoms with van der Waals surface area (Å²) >= 11 is 1.35. The number of fused-ring (bicyclic) bond motifs is 1. The molecule has 3 aromatic heterocycles. The highest BCUT2D eigenvalue weighted by Gasteiger charge is 2.24. The summed E-state index contributed by atoms with van der Waals surface area (Å²) in [6.45, 7) is 2.61. The van der Waals surface area contributed by atoms with Crippen LogP contribution < -0.4 is 10.5 Å². The van der Waals surface area contributed by atoms with Gasteiger partial charge >= 0.3 is 0 Å². The van der Waals surface area contributed by atoms with Crippen LogP contribution in [0.4, 0.5) is 5.69 Å². The van der Waals surface area contributed by atoms with Gasteiger partial charge in [0.25, 0.3) is 11.5 Å². The Balaban J connectivity index is 2.10. The maximum Gasteiger partial charge on any atom is 0.262 e. The van der Waals surface area contributed by atoms with Gasteiger partial charge in [-0.05, 0) is 19.1 Å². The molecule has 0 aliphatic heterocycles. The molecule has 0 bridgehead atoms. The number of nitrogens with zero attached hydrogens (tertiary/aromatic N) is 4. The molecule has 3 heterocycles. The van der Waals surface area contributed by atoms with Gasteiger partial charge in [-0.2, -0.15) is 0 Å². The van der Waals surface area contributed by atoms with Crippen LogP contribution in [0.15, 0.2) is 35.6 Å². The van der Waals surface area contributed by atoms with Crippen molar-refractivity contribution in [1.29, 1.82) is 0 Å². The summed E-state index contributed by atoms with van der Waals surface area (Å²) in [6.07, 6.45) is 4.75. The van der Waals surface area contributed by atoms with Crippen LogP contribution in [0, 0.1) is 6.92 Å². The lowest BCUT2D eigenvalue weighted by atomic mass is 10.1. The van der Waals surface area contributed by atoms with E-state index in [0.29, 0.717) is 34.6 Å². The average molecular weight is 358 g/mol. The number of aromatic nitrogens is 3. The van der Waals surface area contributed by atoms with E-state index in [1.165, 1.54) is 27.1 Å². The number of methoxy groups -OCH3 is 1. The van der Waals surface area contributed by atoms with Gasteiger partial charge in [0.1, 0.15) is 4.83 Å². The van der Waals surface area contributed by atoms with E-state index >= 15 is 0 Å². The van der Waals surface area contributed by atoms with Gasteiger partial charge in [0.2, 0.25) is 0 Å². The van der Waals surface area contributed by atoms with E-state index in [1.54, 1.807) is 38.7 Å². The molecular formula is C17H18N4O3S. The van der Waals surface area contributed by atoms with Crippen molar-refractivity contribution in [3.05, 3.63) is 51.6 Å². The highest BCUT2D eigenvalue weighted by atomic mass is 32.1. The first-order valence-electron chi connectivity index (χ1n) is 7.70. The van der Waals surface area contributed by atoms with E-state index in [0.717, 1.165) is 4.88 Å². The van der Waals surface area contributed by atoms with Crippen LogP contribution in [0.2, 0.25) is 0 Å². The Morgan fingerprint density at radius 3 is 2.92 bits per heavy atom. The van der Waals surface area contributed by atoms with Crippen LogP contribution in [0.25, 0.3) is 10.2 Å². The Morgan fingerprint density at radius 1 is 1.44 bits per heavy atom. The minimum absolute atomic E-state index is 0.227. The molecule has 3 rings (SSSR count). The molecule has 0 aliphatic rings. The zero-order valence-corrected chi connectivity index (χ0v) is 15.0. The lowest BCUT2D eigenvalue weighted by Crippen LogP contribution is -2.29. The number of hydrogen-bond acceptors (Lipinski definition) is 6. The molecule has 8 heteroatoms. The van der Waals surface area contributed by atoms with Crippen molar-refractivity contribution in [3.63, 3.8) is 0 Å². The molecule has 130 valence electrons. The Kier molecular flexibility index (Phi) is 4.91. The standard InChI is InChI=1S/C17H18N4O3S/c1-11-13(16(22)20(2)12-5-4-6-18-9-12)14-15(25-11)19-10-21(17(14)23)7-8-24-3/h4-6,9-10H,7-8H2,1-3H3. The number of hydrogen-bond donors (Lipinski definition) is 0. The third kappa shape index (κ3) is 3.18. The van der Waals surface area contributed by atoms with Gasteiger partial charge in [-0.15, -0.1) is 11.3 Å². The van der Waals surface area contributed by atoms with Crippen LogP contribution in [0.3, 0.4) is 0 Å². The van der Waals surface area contributed by atoms with Gasteiger partial charge in [0, 0.05) is 25.2 Å². The molecule has 0 aromatic carbocycles. The van der Waals surface area contributed by atoms with E-state index in [1.807, 2.05) is 6.92 Å². The number of thiophene rings is 1. The van der Waals surface area contributed by atoms with E-state index in [-0.39, 0.29) is 11.5 Å². The van der Waals surface area contributed by atoms with Crippen LogP contribution in [-0.2, 0) is 11.3 Å². The number of anilines is 1. The number of amides is 1. The molecule has 0 saturated carbocycles. The van der Waals surface area contributed by atoms with E-state index in [4.69, 9.17) is 4.74 Å². The lowest BCUT2D eigenvalue weighted by Gasteiger charge is -2.17. The van der Waals surface area contributed by atoms with Crippen molar-refractivity contribution in [2.75, 3.05) is 25.7 Å². The summed E-state index contributed by atoms with van der Waals surface area (Å²) in [5.74, 6) is -0.250. The molecule has 7 nitrogen and oxygen atoms in total. The fourth-order valence-electron chi connectivity index (χ4n) is 2.58. The SMILES string of the molecule is COCCn1cnc2sc(C)c(C(=O)N(C)c3cccnc3)c2c1=O. The number of carbonyl (C=O) groups excluding carboxylic acids is 1. The maximum absolute atomic E-state index is 13.0. The van der Waals surface area contributed by atoms with Gasteiger partial charge in [-0.3, -0.25) is 19.1 Å². The van der Waals surface area contributed by atoms with Gasteiger partial charge in [0.05, 0.1) is 42.3 Å². The normalized spacial score (nSPS) is 11.0. The summed E-state index contributed by atoms with van der Waals surface area (Å²) in [5.41, 5.74) is 0.833. The summed E-state index contributed by atoms with van der Waals surface area (Å²) in [7, 11) is 3.24. The van der Waals surface area contributed by atoms with Crippen molar-refractivity contribution in [2.24, 2.45) is 0 Å². The Hall–Kier alpha value is -2.58. The zero-order chi connectivity index (χ0) is 18.0. The quantitative estimate of drug-likeness (QED) is 0.698. The first kappa shape index (κ1) is 17.2. The zero-order valence-electron chi connectivity index (χ0n) is 14.2. The molecule has 0 N–H and O–H groups in total. The third-order valence-electron chi connectivity index (χ3n) is 3.94. The van der Waals surface area contributed by atoms with Crippen LogP contribution in [0.1, 0.15) is 15.2 Å². The highest BCUT2D eigenvalue weighted by Crippen LogP contribution is 2.28. The van der Waals surface area contributed by atoms with Gasteiger partial charge in [0.15, 0.2) is 0 Å². The predicted molar refractivity (Wildman–Crippen MR) is 97.5 cm³/mol. The van der Waals surface area contributed by atoms with Gasteiger partial charge in [-0.25, -0.2) is 4.98 Å². The first-order chi connectivity index (χ1) is 12.0. The summed E-state index contributed by atoms with van der Waals surface area (Å²) in [4.78, 5) is 37.0. The highest BCUT2D eigenvalue weighted by molar-refractivity contribution is 7.19. The Bertz CT molecular complexity index is 965. The Morgan fingerprint density at radius 2 is 2.24 bits per heavy atom. The number of pyridine rings is 1. The minimum Gasteiger partial charge on any atom is -0.383 e. The van der Waals surface area contributed by atoms with Crippen molar-refractivity contribution < 1.29 is 9.53 Å². The molecule has 0 unspecified atom stereocenters. The first-order valence-corrected chi connectivity index (χ1v) is 8.51. The summed E-state index contributed by atoms with van der Waals surface area (Å²) in [6, 6.07) is 3.56.